The van der Waals surface area contributed by atoms with Crippen LogP contribution in [0.2, 0.25) is 5.02 Å². The van der Waals surface area contributed by atoms with Gasteiger partial charge in [-0.3, -0.25) is 0 Å². The van der Waals surface area contributed by atoms with Gasteiger partial charge in [0.1, 0.15) is 19.4 Å². The number of nitrogens with two attached hydrogens (primary N) is 1. The summed E-state index contributed by atoms with van der Waals surface area (Å²) in [6.45, 7) is 12.8. The number of benzene rings is 2. The van der Waals surface area contributed by atoms with Crippen LogP contribution in [0.3, 0.4) is 0 Å². The van der Waals surface area contributed by atoms with Crippen LogP contribution in [-0.4, -0.2) is 35.4 Å². The molecule has 0 atom stereocenters. The van der Waals surface area contributed by atoms with E-state index in [0.717, 1.165) is 22.3 Å². The van der Waals surface area contributed by atoms with Crippen molar-refractivity contribution in [1.82, 2.24) is 14.8 Å². The molecule has 7 nitrogen and oxygen atoms in total. The molecule has 0 radical (unpaired) electrons. The highest BCUT2D eigenvalue weighted by atomic mass is 35.5. The van der Waals surface area contributed by atoms with E-state index in [0.29, 0.717) is 10.8 Å². The molecule has 0 amide bonds. The molecule has 0 aliphatic rings. The lowest BCUT2D eigenvalue weighted by atomic mass is 9.87. The number of carbonyl (C=O) groups is 2. The zero-order valence-electron chi connectivity index (χ0n) is 20.3. The molecule has 8 heteroatoms. The second-order valence-electron chi connectivity index (χ2n) is 8.21. The minimum Gasteiger partial charge on any atom is -0.386 e. The van der Waals surface area contributed by atoms with Crippen molar-refractivity contribution in [1.29, 1.82) is 0 Å². The maximum atomic E-state index is 8.00. The zero-order valence-corrected chi connectivity index (χ0v) is 21.1. The average Bonchev–Trinajstić information content (AvgIpc) is 3.27. The summed E-state index contributed by atoms with van der Waals surface area (Å²) in [6, 6.07) is 16.2. The van der Waals surface area contributed by atoms with E-state index in [1.807, 2.05) is 44.9 Å². The molecule has 2 heterocycles. The van der Waals surface area contributed by atoms with Crippen LogP contribution in [0.15, 0.2) is 60.9 Å². The number of pyridine rings is 1. The minimum absolute atomic E-state index is 0.285. The molecule has 2 aromatic heterocycles. The normalized spacial score (nSPS) is 10.1. The molecule has 0 saturated carbocycles. The van der Waals surface area contributed by atoms with Crippen LogP contribution >= 0.6 is 11.6 Å². The number of anilines is 2. The van der Waals surface area contributed by atoms with Crippen molar-refractivity contribution >= 4 is 47.6 Å². The van der Waals surface area contributed by atoms with E-state index in [1.54, 1.807) is 17.1 Å². The summed E-state index contributed by atoms with van der Waals surface area (Å²) in [5, 5.41) is 8.97. The van der Waals surface area contributed by atoms with Crippen LogP contribution < -0.4 is 11.1 Å². The van der Waals surface area contributed by atoms with Crippen LogP contribution in [0.5, 0.6) is 0 Å². The minimum atomic E-state index is 0.285. The lowest BCUT2D eigenvalue weighted by Gasteiger charge is -2.18. The Morgan fingerprint density at radius 2 is 1.62 bits per heavy atom. The highest BCUT2D eigenvalue weighted by Crippen LogP contribution is 2.28. The van der Waals surface area contributed by atoms with Crippen LogP contribution in [0.1, 0.15) is 31.9 Å². The molecular formula is C26H32ClN5O2. The number of rotatable bonds is 2. The van der Waals surface area contributed by atoms with E-state index in [2.05, 4.69) is 67.4 Å². The van der Waals surface area contributed by atoms with Gasteiger partial charge in [-0.05, 0) is 42.2 Å². The largest absolute Gasteiger partial charge is 0.386 e. The van der Waals surface area contributed by atoms with Crippen LogP contribution in [0.4, 0.5) is 11.5 Å². The Morgan fingerprint density at radius 1 is 1.00 bits per heavy atom. The van der Waals surface area contributed by atoms with Gasteiger partial charge in [0.15, 0.2) is 0 Å². The Kier molecular flexibility index (Phi) is 10.9. The molecule has 4 rings (SSSR count). The molecule has 4 aromatic rings. The smallest absolute Gasteiger partial charge is 0.134 e. The first-order valence-electron chi connectivity index (χ1n) is 10.4. The first kappa shape index (κ1) is 28.3. The van der Waals surface area contributed by atoms with Crippen molar-refractivity contribution in [2.45, 2.75) is 33.1 Å². The van der Waals surface area contributed by atoms with Gasteiger partial charge in [-0.15, -0.1) is 0 Å². The second kappa shape index (κ2) is 13.1. The number of hydrogen-bond donors (Lipinski definition) is 2. The molecule has 180 valence electrons. The molecule has 0 spiro atoms. The Bertz CT molecular complexity index is 1180. The van der Waals surface area contributed by atoms with E-state index >= 15 is 0 Å². The summed E-state index contributed by atoms with van der Waals surface area (Å²) in [5.74, 6) is 0.469. The number of carbonyl (C=O) groups excluding carboxylic acids is 2. The molecule has 3 N–H and O–H groups in total. The Morgan fingerprint density at radius 3 is 2.18 bits per heavy atom. The highest BCUT2D eigenvalue weighted by molar-refractivity contribution is 6.30. The van der Waals surface area contributed by atoms with E-state index in [1.165, 1.54) is 11.1 Å². The van der Waals surface area contributed by atoms with Crippen LogP contribution in [0, 0.1) is 6.92 Å². The summed E-state index contributed by atoms with van der Waals surface area (Å²) >= 11 is 6.07. The number of aromatic nitrogens is 3. The van der Waals surface area contributed by atoms with Gasteiger partial charge in [0, 0.05) is 18.3 Å². The number of fused-ring (bicyclic) bond motifs is 1. The number of nitrogens with zero attached hydrogens (tertiary/aromatic N) is 3. The first-order valence-corrected chi connectivity index (χ1v) is 10.8. The average molecular weight is 482 g/mol. The van der Waals surface area contributed by atoms with E-state index < -0.39 is 0 Å². The van der Waals surface area contributed by atoms with Crippen molar-refractivity contribution in [3.63, 3.8) is 0 Å². The third-order valence-corrected chi connectivity index (χ3v) is 5.14. The fourth-order valence-corrected chi connectivity index (χ4v) is 3.28. The van der Waals surface area contributed by atoms with Gasteiger partial charge >= 0.3 is 0 Å². The fourth-order valence-electron chi connectivity index (χ4n) is 3.11. The van der Waals surface area contributed by atoms with Crippen molar-refractivity contribution in [2.24, 2.45) is 0 Å². The summed E-state index contributed by atoms with van der Waals surface area (Å²) in [5.41, 5.74) is 11.6. The number of hydrogen-bond acceptors (Lipinski definition) is 6. The predicted octanol–water partition coefficient (Wildman–Crippen LogP) is 5.62. The molecule has 0 bridgehead atoms. The maximum absolute atomic E-state index is 8.00. The van der Waals surface area contributed by atoms with Gasteiger partial charge in [0.2, 0.25) is 0 Å². The molecule has 34 heavy (non-hydrogen) atoms. The quantitative estimate of drug-likeness (QED) is 0.385. The van der Waals surface area contributed by atoms with Crippen molar-refractivity contribution in [3.8, 4) is 5.69 Å². The Labute approximate surface area is 206 Å². The monoisotopic (exact) mass is 481 g/mol. The summed E-state index contributed by atoms with van der Waals surface area (Å²) in [6.07, 6.45) is 3.37. The van der Waals surface area contributed by atoms with Gasteiger partial charge in [0.05, 0.1) is 28.5 Å². The molecule has 0 fully saturated rings. The van der Waals surface area contributed by atoms with Gasteiger partial charge in [-0.2, -0.15) is 5.10 Å². The number of aryl methyl sites for hydroxylation is 1. The van der Waals surface area contributed by atoms with E-state index in [4.69, 9.17) is 26.9 Å². The third-order valence-electron chi connectivity index (χ3n) is 4.90. The fraction of sp³-hybridized carbons (Fsp3) is 0.231. The zero-order chi connectivity index (χ0) is 25.9. The van der Waals surface area contributed by atoms with Gasteiger partial charge in [0.25, 0.3) is 0 Å². The van der Waals surface area contributed by atoms with Crippen molar-refractivity contribution < 1.29 is 9.59 Å². The van der Waals surface area contributed by atoms with Gasteiger partial charge in [-0.25, -0.2) is 9.67 Å². The van der Waals surface area contributed by atoms with E-state index in [-0.39, 0.29) is 5.41 Å². The Hall–Kier alpha value is -3.71. The predicted molar refractivity (Wildman–Crippen MR) is 142 cm³/mol. The van der Waals surface area contributed by atoms with E-state index in [9.17, 15) is 0 Å². The summed E-state index contributed by atoms with van der Waals surface area (Å²) in [7, 11) is 1.86. The summed E-state index contributed by atoms with van der Waals surface area (Å²) in [4.78, 5) is 20.1. The lowest BCUT2D eigenvalue weighted by molar-refractivity contribution is -0.0987. The topological polar surface area (TPSA) is 103 Å². The molecule has 0 unspecified atom stereocenters. The van der Waals surface area contributed by atoms with Gasteiger partial charge < -0.3 is 20.6 Å². The molecule has 0 aliphatic carbocycles. The standard InChI is InChI=1S/C13H12ClN5.C11H16.2CH2O/c1-16-10-3-2-8(14)6-12(10)19-11-4-5-17-13(15)9(11)7-18-19;1-9-5-7-10(8-6-9)11(2,3)4;2*1-2/h2-7,16H,1H3,(H2,15,17);5-8H,1-4H3;2*1H2. The number of halogens is 1. The second-order valence-corrected chi connectivity index (χ2v) is 8.65. The SMILES string of the molecule is C=O.C=O.CNc1ccc(Cl)cc1-n1ncc2c(N)nccc21.Cc1ccc(C(C)(C)C)cc1. The molecule has 0 saturated heterocycles. The highest BCUT2D eigenvalue weighted by Gasteiger charge is 2.12. The van der Waals surface area contributed by atoms with Crippen molar-refractivity contribution in [3.05, 3.63) is 77.1 Å². The summed E-state index contributed by atoms with van der Waals surface area (Å²) < 4.78 is 1.80. The third kappa shape index (κ3) is 7.15. The van der Waals surface area contributed by atoms with Crippen LogP contribution in [0.25, 0.3) is 16.6 Å². The molecule has 2 aromatic carbocycles. The van der Waals surface area contributed by atoms with Crippen molar-refractivity contribution in [2.75, 3.05) is 18.1 Å². The molecular weight excluding hydrogens is 450 g/mol. The lowest BCUT2D eigenvalue weighted by Crippen LogP contribution is -2.10. The van der Waals surface area contributed by atoms with Crippen LogP contribution in [-0.2, 0) is 15.0 Å². The Balaban J connectivity index is 0.000000330. The maximum Gasteiger partial charge on any atom is 0.134 e. The number of nitrogen functional groups attached to an aromatic ring is 1. The molecule has 0 aliphatic heterocycles. The van der Waals surface area contributed by atoms with Gasteiger partial charge in [-0.1, -0.05) is 62.2 Å². The first-order chi connectivity index (χ1) is 16.2. The number of nitrogens with one attached hydrogen (secondary N) is 1.